The Morgan fingerprint density at radius 3 is 2.68 bits per heavy atom. The zero-order chi connectivity index (χ0) is 17.8. The van der Waals surface area contributed by atoms with Crippen molar-refractivity contribution in [3.63, 3.8) is 0 Å². The molecule has 0 radical (unpaired) electrons. The number of carbonyl (C=O) groups excluding carboxylic acids is 2. The molecular weight excluding hydrogens is 320 g/mol. The molecule has 7 nitrogen and oxygen atoms in total. The van der Waals surface area contributed by atoms with E-state index in [0.717, 1.165) is 0 Å². The molecule has 0 saturated heterocycles. The van der Waals surface area contributed by atoms with Gasteiger partial charge in [0.1, 0.15) is 5.65 Å². The van der Waals surface area contributed by atoms with Crippen LogP contribution in [0.25, 0.3) is 5.65 Å². The standard InChI is InChI=1S/C18H14N4O3/c1-12(17(23)20-14-7-5-13(10-19)6-8-14)25-18(24)15-11-22-9-3-2-4-16(22)21-15/h2-9,11-12H,1H3,(H,20,23)/t12-/m0/s1. The van der Waals surface area contributed by atoms with Crippen molar-refractivity contribution >= 4 is 23.2 Å². The van der Waals surface area contributed by atoms with Crippen LogP contribution in [0.15, 0.2) is 54.9 Å². The van der Waals surface area contributed by atoms with Crippen molar-refractivity contribution in [1.29, 1.82) is 5.26 Å². The van der Waals surface area contributed by atoms with Gasteiger partial charge in [0.25, 0.3) is 5.91 Å². The van der Waals surface area contributed by atoms with Crippen LogP contribution in [-0.4, -0.2) is 27.4 Å². The van der Waals surface area contributed by atoms with E-state index in [-0.39, 0.29) is 5.69 Å². The van der Waals surface area contributed by atoms with Crippen LogP contribution in [0.4, 0.5) is 5.69 Å². The van der Waals surface area contributed by atoms with Gasteiger partial charge in [0, 0.05) is 18.1 Å². The summed E-state index contributed by atoms with van der Waals surface area (Å²) in [5, 5.41) is 11.4. The number of nitriles is 1. The zero-order valence-corrected chi connectivity index (χ0v) is 13.3. The molecule has 1 amide bonds. The Kier molecular flexibility index (Phi) is 4.44. The third-order valence-corrected chi connectivity index (χ3v) is 3.51. The summed E-state index contributed by atoms with van der Waals surface area (Å²) in [6, 6.07) is 13.8. The zero-order valence-electron chi connectivity index (χ0n) is 13.3. The fourth-order valence-electron chi connectivity index (χ4n) is 2.18. The van der Waals surface area contributed by atoms with Crippen molar-refractivity contribution in [2.45, 2.75) is 13.0 Å². The predicted octanol–water partition coefficient (Wildman–Crippen LogP) is 2.39. The van der Waals surface area contributed by atoms with Crippen LogP contribution in [-0.2, 0) is 9.53 Å². The van der Waals surface area contributed by atoms with Gasteiger partial charge < -0.3 is 14.5 Å². The maximum Gasteiger partial charge on any atom is 0.359 e. The van der Waals surface area contributed by atoms with Gasteiger partial charge in [-0.2, -0.15) is 5.26 Å². The van der Waals surface area contributed by atoms with Crippen molar-refractivity contribution < 1.29 is 14.3 Å². The van der Waals surface area contributed by atoms with E-state index in [1.807, 2.05) is 18.2 Å². The molecule has 2 heterocycles. The SMILES string of the molecule is C[C@H](OC(=O)c1cn2ccccc2n1)C(=O)Nc1ccc(C#N)cc1. The molecule has 0 saturated carbocycles. The molecule has 2 aromatic heterocycles. The molecule has 1 atom stereocenters. The number of anilines is 1. The van der Waals surface area contributed by atoms with E-state index in [4.69, 9.17) is 10.00 Å². The number of amides is 1. The molecule has 0 unspecified atom stereocenters. The normalized spacial score (nSPS) is 11.5. The minimum absolute atomic E-state index is 0.129. The number of benzene rings is 1. The Labute approximate surface area is 143 Å². The van der Waals surface area contributed by atoms with Crippen LogP contribution in [0.3, 0.4) is 0 Å². The van der Waals surface area contributed by atoms with Crippen LogP contribution in [0.2, 0.25) is 0 Å². The van der Waals surface area contributed by atoms with E-state index in [1.54, 1.807) is 47.1 Å². The average Bonchev–Trinajstić information content (AvgIpc) is 3.06. The van der Waals surface area contributed by atoms with E-state index in [9.17, 15) is 9.59 Å². The largest absolute Gasteiger partial charge is 0.448 e. The summed E-state index contributed by atoms with van der Waals surface area (Å²) < 4.78 is 6.86. The quantitative estimate of drug-likeness (QED) is 0.739. The fourth-order valence-corrected chi connectivity index (χ4v) is 2.18. The van der Waals surface area contributed by atoms with Gasteiger partial charge in [0.2, 0.25) is 0 Å². The summed E-state index contributed by atoms with van der Waals surface area (Å²) in [4.78, 5) is 28.4. The Bertz CT molecular complexity index is 937. The maximum absolute atomic E-state index is 12.2. The first-order valence-electron chi connectivity index (χ1n) is 7.52. The smallest absolute Gasteiger partial charge is 0.359 e. The van der Waals surface area contributed by atoms with E-state index < -0.39 is 18.0 Å². The lowest BCUT2D eigenvalue weighted by atomic mass is 10.2. The summed E-state index contributed by atoms with van der Waals surface area (Å²) in [7, 11) is 0. The van der Waals surface area contributed by atoms with Crippen molar-refractivity contribution in [2.24, 2.45) is 0 Å². The second-order valence-electron chi connectivity index (χ2n) is 5.32. The number of hydrogen-bond donors (Lipinski definition) is 1. The number of nitrogens with one attached hydrogen (secondary N) is 1. The molecule has 3 rings (SSSR count). The molecule has 124 valence electrons. The second kappa shape index (κ2) is 6.84. The number of pyridine rings is 1. The minimum Gasteiger partial charge on any atom is -0.448 e. The Balaban J connectivity index is 1.63. The number of rotatable bonds is 4. The first-order valence-corrected chi connectivity index (χ1v) is 7.52. The van der Waals surface area contributed by atoms with Crippen LogP contribution < -0.4 is 5.32 Å². The highest BCUT2D eigenvalue weighted by atomic mass is 16.5. The van der Waals surface area contributed by atoms with E-state index >= 15 is 0 Å². The number of nitrogens with zero attached hydrogens (tertiary/aromatic N) is 3. The third-order valence-electron chi connectivity index (χ3n) is 3.51. The highest BCUT2D eigenvalue weighted by Gasteiger charge is 2.21. The molecule has 7 heteroatoms. The molecule has 3 aromatic rings. The first kappa shape index (κ1) is 16.2. The topological polar surface area (TPSA) is 96.5 Å². The lowest BCUT2D eigenvalue weighted by Gasteiger charge is -2.12. The predicted molar refractivity (Wildman–Crippen MR) is 89.9 cm³/mol. The van der Waals surface area contributed by atoms with Gasteiger partial charge in [-0.15, -0.1) is 0 Å². The van der Waals surface area contributed by atoms with Gasteiger partial charge >= 0.3 is 5.97 Å². The lowest BCUT2D eigenvalue weighted by Crippen LogP contribution is -2.30. The van der Waals surface area contributed by atoms with Crippen molar-refractivity contribution in [3.8, 4) is 6.07 Å². The molecule has 0 bridgehead atoms. The molecule has 0 aliphatic rings. The Hall–Kier alpha value is -3.66. The summed E-state index contributed by atoms with van der Waals surface area (Å²) >= 11 is 0. The van der Waals surface area contributed by atoms with Crippen LogP contribution in [0.5, 0.6) is 0 Å². The number of carbonyl (C=O) groups is 2. The third kappa shape index (κ3) is 3.64. The monoisotopic (exact) mass is 334 g/mol. The van der Waals surface area contributed by atoms with E-state index in [2.05, 4.69) is 10.3 Å². The minimum atomic E-state index is -0.993. The molecular formula is C18H14N4O3. The molecule has 0 fully saturated rings. The van der Waals surface area contributed by atoms with Gasteiger partial charge in [-0.1, -0.05) is 6.07 Å². The van der Waals surface area contributed by atoms with E-state index in [0.29, 0.717) is 16.9 Å². The molecule has 0 aliphatic carbocycles. The number of ether oxygens (including phenoxy) is 1. The van der Waals surface area contributed by atoms with Gasteiger partial charge in [0.05, 0.1) is 11.6 Å². The van der Waals surface area contributed by atoms with Gasteiger partial charge in [-0.05, 0) is 43.3 Å². The summed E-state index contributed by atoms with van der Waals surface area (Å²) in [5.41, 5.74) is 1.75. The van der Waals surface area contributed by atoms with Crippen LogP contribution >= 0.6 is 0 Å². The summed E-state index contributed by atoms with van der Waals surface area (Å²) in [5.74, 6) is -1.15. The second-order valence-corrected chi connectivity index (χ2v) is 5.32. The number of esters is 1. The van der Waals surface area contributed by atoms with Crippen molar-refractivity contribution in [3.05, 3.63) is 66.1 Å². The number of imidazole rings is 1. The summed E-state index contributed by atoms with van der Waals surface area (Å²) in [6.07, 6.45) is 2.32. The van der Waals surface area contributed by atoms with Crippen LogP contribution in [0.1, 0.15) is 23.0 Å². The number of fused-ring (bicyclic) bond motifs is 1. The number of aromatic nitrogens is 2. The molecule has 25 heavy (non-hydrogen) atoms. The van der Waals surface area contributed by atoms with Gasteiger partial charge in [0.15, 0.2) is 11.8 Å². The fraction of sp³-hybridized carbons (Fsp3) is 0.111. The average molecular weight is 334 g/mol. The Morgan fingerprint density at radius 1 is 1.24 bits per heavy atom. The lowest BCUT2D eigenvalue weighted by molar-refractivity contribution is -0.123. The molecule has 1 aromatic carbocycles. The molecule has 1 N–H and O–H groups in total. The Morgan fingerprint density at radius 2 is 2.00 bits per heavy atom. The maximum atomic E-state index is 12.2. The highest BCUT2D eigenvalue weighted by molar-refractivity contribution is 5.97. The number of hydrogen-bond acceptors (Lipinski definition) is 5. The van der Waals surface area contributed by atoms with E-state index in [1.165, 1.54) is 6.92 Å². The van der Waals surface area contributed by atoms with Crippen LogP contribution in [0, 0.1) is 11.3 Å². The molecule has 0 spiro atoms. The molecule has 0 aliphatic heterocycles. The van der Waals surface area contributed by atoms with Gasteiger partial charge in [-0.25, -0.2) is 9.78 Å². The summed E-state index contributed by atoms with van der Waals surface area (Å²) in [6.45, 7) is 1.48. The van der Waals surface area contributed by atoms with Gasteiger partial charge in [-0.3, -0.25) is 4.79 Å². The van der Waals surface area contributed by atoms with Crippen molar-refractivity contribution in [1.82, 2.24) is 9.38 Å². The first-order chi connectivity index (χ1) is 12.1. The highest BCUT2D eigenvalue weighted by Crippen LogP contribution is 2.11. The van der Waals surface area contributed by atoms with Crippen molar-refractivity contribution in [2.75, 3.05) is 5.32 Å².